The van der Waals surface area contributed by atoms with Crippen molar-refractivity contribution in [2.75, 3.05) is 0 Å². The van der Waals surface area contributed by atoms with E-state index in [4.69, 9.17) is 4.42 Å². The largest absolute Gasteiger partial charge is 0.411 e. The van der Waals surface area contributed by atoms with E-state index in [1.165, 1.54) is 11.8 Å². The Morgan fingerprint density at radius 2 is 1.65 bits per heavy atom. The first kappa shape index (κ1) is 18.4. The van der Waals surface area contributed by atoms with Crippen LogP contribution in [0.4, 0.5) is 0 Å². The first-order valence-corrected chi connectivity index (χ1v) is 9.42. The van der Waals surface area contributed by atoms with Crippen LogP contribution in [-0.2, 0) is 0 Å². The van der Waals surface area contributed by atoms with E-state index in [1.807, 2.05) is 65.0 Å². The van der Waals surface area contributed by atoms with E-state index < -0.39 is 0 Å². The number of nitrogens with zero attached hydrogens (tertiary/aromatic N) is 2. The lowest BCUT2D eigenvalue weighted by atomic mass is 10.0. The first-order chi connectivity index (χ1) is 12.3. The van der Waals surface area contributed by atoms with Crippen LogP contribution in [0.15, 0.2) is 46.0 Å². The number of ketones is 1. The lowest BCUT2D eigenvalue weighted by Crippen LogP contribution is -2.15. The summed E-state index contributed by atoms with van der Waals surface area (Å²) < 4.78 is 5.78. The zero-order chi connectivity index (χ0) is 18.8. The Morgan fingerprint density at radius 1 is 0.962 bits per heavy atom. The average molecular weight is 366 g/mol. The van der Waals surface area contributed by atoms with Crippen LogP contribution in [0.2, 0.25) is 0 Å². The van der Waals surface area contributed by atoms with Gasteiger partial charge in [0.05, 0.1) is 5.25 Å². The van der Waals surface area contributed by atoms with E-state index in [-0.39, 0.29) is 11.0 Å². The van der Waals surface area contributed by atoms with Gasteiger partial charge in [0.1, 0.15) is 0 Å². The number of aryl methyl sites for hydroxylation is 4. The van der Waals surface area contributed by atoms with Gasteiger partial charge in [0.2, 0.25) is 5.89 Å². The third kappa shape index (κ3) is 4.05. The second-order valence-corrected chi connectivity index (χ2v) is 7.98. The number of thioether (sulfide) groups is 1. The standard InChI is InChI=1S/C21H22N2O2S/c1-12-6-7-15(4)18(11-12)19(24)16(5)26-21-23-22-20(25-21)17-9-13(2)8-14(3)10-17/h6-11,16H,1-5H3/t16-/m0/s1. The van der Waals surface area contributed by atoms with E-state index in [0.29, 0.717) is 11.1 Å². The zero-order valence-electron chi connectivity index (χ0n) is 15.7. The summed E-state index contributed by atoms with van der Waals surface area (Å²) in [4.78, 5) is 12.8. The highest BCUT2D eigenvalue weighted by Crippen LogP contribution is 2.29. The van der Waals surface area contributed by atoms with Crippen molar-refractivity contribution in [1.82, 2.24) is 10.2 Å². The molecule has 134 valence electrons. The molecule has 0 radical (unpaired) electrons. The van der Waals surface area contributed by atoms with Gasteiger partial charge in [0.15, 0.2) is 5.78 Å². The van der Waals surface area contributed by atoms with Gasteiger partial charge < -0.3 is 4.42 Å². The minimum absolute atomic E-state index is 0.0716. The smallest absolute Gasteiger partial charge is 0.277 e. The molecule has 0 bridgehead atoms. The minimum atomic E-state index is -0.303. The molecule has 26 heavy (non-hydrogen) atoms. The molecule has 2 aromatic carbocycles. The lowest BCUT2D eigenvalue weighted by molar-refractivity contribution is 0.0993. The molecule has 0 amide bonds. The second-order valence-electron chi connectivity index (χ2n) is 6.69. The maximum absolute atomic E-state index is 12.8. The van der Waals surface area contributed by atoms with Gasteiger partial charge in [0.25, 0.3) is 5.22 Å². The highest BCUT2D eigenvalue weighted by Gasteiger charge is 2.21. The number of Topliss-reactive ketones (excluding diaryl/α,β-unsaturated/α-hetero) is 1. The fourth-order valence-corrected chi connectivity index (χ4v) is 3.65. The Bertz CT molecular complexity index is 942. The predicted octanol–water partition coefficient (Wildman–Crippen LogP) is 5.33. The molecule has 5 heteroatoms. The molecule has 1 atom stereocenters. The molecule has 0 saturated heterocycles. The van der Waals surface area contributed by atoms with Gasteiger partial charge >= 0.3 is 0 Å². The van der Waals surface area contributed by atoms with Crippen LogP contribution in [0.5, 0.6) is 0 Å². The maximum Gasteiger partial charge on any atom is 0.277 e. The molecule has 0 aliphatic heterocycles. The van der Waals surface area contributed by atoms with Gasteiger partial charge in [-0.1, -0.05) is 46.7 Å². The zero-order valence-corrected chi connectivity index (χ0v) is 16.5. The van der Waals surface area contributed by atoms with Gasteiger partial charge in [-0.15, -0.1) is 10.2 Å². The number of hydrogen-bond acceptors (Lipinski definition) is 5. The van der Waals surface area contributed by atoms with Crippen LogP contribution < -0.4 is 0 Å². The molecule has 0 unspecified atom stereocenters. The minimum Gasteiger partial charge on any atom is -0.411 e. The molecule has 3 aromatic rings. The van der Waals surface area contributed by atoms with E-state index in [9.17, 15) is 4.79 Å². The van der Waals surface area contributed by atoms with Crippen LogP contribution in [0, 0.1) is 27.7 Å². The normalized spacial score (nSPS) is 12.2. The molecule has 0 aliphatic rings. The van der Waals surface area contributed by atoms with Gasteiger partial charge in [-0.25, -0.2) is 0 Å². The monoisotopic (exact) mass is 366 g/mol. The fraction of sp³-hybridized carbons (Fsp3) is 0.286. The van der Waals surface area contributed by atoms with E-state index in [0.717, 1.165) is 33.4 Å². The highest BCUT2D eigenvalue weighted by atomic mass is 32.2. The first-order valence-electron chi connectivity index (χ1n) is 8.54. The van der Waals surface area contributed by atoms with Gasteiger partial charge in [-0.3, -0.25) is 4.79 Å². The van der Waals surface area contributed by atoms with Crippen LogP contribution in [-0.4, -0.2) is 21.2 Å². The van der Waals surface area contributed by atoms with Crippen LogP contribution >= 0.6 is 11.8 Å². The third-order valence-electron chi connectivity index (χ3n) is 4.18. The second kappa shape index (κ2) is 7.46. The molecule has 3 rings (SSSR count). The summed E-state index contributed by atoms with van der Waals surface area (Å²) in [6.07, 6.45) is 0. The molecule has 4 nitrogen and oxygen atoms in total. The molecule has 1 aromatic heterocycles. The predicted molar refractivity (Wildman–Crippen MR) is 105 cm³/mol. The van der Waals surface area contributed by atoms with Crippen LogP contribution in [0.25, 0.3) is 11.5 Å². The molecule has 0 spiro atoms. The van der Waals surface area contributed by atoms with Crippen molar-refractivity contribution in [3.05, 3.63) is 64.2 Å². The van der Waals surface area contributed by atoms with Crippen molar-refractivity contribution in [3.8, 4) is 11.5 Å². The van der Waals surface area contributed by atoms with Crippen LogP contribution in [0.1, 0.15) is 39.5 Å². The SMILES string of the molecule is Cc1cc(C)cc(-c2nnc(S[C@@H](C)C(=O)c3cc(C)ccc3C)o2)c1. The molecule has 0 saturated carbocycles. The van der Waals surface area contributed by atoms with E-state index >= 15 is 0 Å². The Hall–Kier alpha value is -2.40. The molecule has 1 heterocycles. The number of aromatic nitrogens is 2. The quantitative estimate of drug-likeness (QED) is 0.451. The molecular weight excluding hydrogens is 344 g/mol. The van der Waals surface area contributed by atoms with Gasteiger partial charge in [-0.05, 0) is 58.4 Å². The number of rotatable bonds is 5. The number of carbonyl (C=O) groups excluding carboxylic acids is 1. The van der Waals surface area contributed by atoms with Crippen molar-refractivity contribution < 1.29 is 9.21 Å². The fourth-order valence-electron chi connectivity index (χ4n) is 2.90. The summed E-state index contributed by atoms with van der Waals surface area (Å²) in [6, 6.07) is 12.0. The third-order valence-corrected chi connectivity index (χ3v) is 5.11. The average Bonchev–Trinajstić information content (AvgIpc) is 3.04. The topological polar surface area (TPSA) is 56.0 Å². The van der Waals surface area contributed by atoms with Crippen molar-refractivity contribution in [1.29, 1.82) is 0 Å². The number of carbonyl (C=O) groups is 1. The van der Waals surface area contributed by atoms with E-state index in [2.05, 4.69) is 16.3 Å². The van der Waals surface area contributed by atoms with Crippen LogP contribution in [0.3, 0.4) is 0 Å². The Kier molecular flexibility index (Phi) is 5.28. The number of benzene rings is 2. The van der Waals surface area contributed by atoms with Crippen molar-refractivity contribution in [2.45, 2.75) is 45.1 Å². The lowest BCUT2D eigenvalue weighted by Gasteiger charge is -2.10. The Morgan fingerprint density at radius 3 is 2.35 bits per heavy atom. The summed E-state index contributed by atoms with van der Waals surface area (Å²) in [7, 11) is 0. The molecule has 0 fully saturated rings. The van der Waals surface area contributed by atoms with Crippen molar-refractivity contribution in [3.63, 3.8) is 0 Å². The highest BCUT2D eigenvalue weighted by molar-refractivity contribution is 8.00. The Balaban J connectivity index is 1.78. The van der Waals surface area contributed by atoms with Gasteiger partial charge in [0, 0.05) is 11.1 Å². The molecule has 0 aliphatic carbocycles. The summed E-state index contributed by atoms with van der Waals surface area (Å²) in [6.45, 7) is 9.88. The summed E-state index contributed by atoms with van der Waals surface area (Å²) in [5.74, 6) is 0.549. The maximum atomic E-state index is 12.8. The van der Waals surface area contributed by atoms with Crippen molar-refractivity contribution >= 4 is 17.5 Å². The summed E-state index contributed by atoms with van der Waals surface area (Å²) in [5, 5.41) is 8.34. The molecule has 0 N–H and O–H groups in total. The Labute approximate surface area is 158 Å². The van der Waals surface area contributed by atoms with Gasteiger partial charge in [-0.2, -0.15) is 0 Å². The molecular formula is C21H22N2O2S. The number of hydrogen-bond donors (Lipinski definition) is 0. The van der Waals surface area contributed by atoms with Crippen molar-refractivity contribution in [2.24, 2.45) is 0 Å². The summed E-state index contributed by atoms with van der Waals surface area (Å²) in [5.41, 5.74) is 5.99. The summed E-state index contributed by atoms with van der Waals surface area (Å²) >= 11 is 1.30. The van der Waals surface area contributed by atoms with E-state index in [1.54, 1.807) is 0 Å².